The minimum atomic E-state index is 0.121. The van der Waals surface area contributed by atoms with Crippen molar-refractivity contribution in [2.45, 2.75) is 58.9 Å². The van der Waals surface area contributed by atoms with E-state index in [9.17, 15) is 4.79 Å². The smallest absolute Gasteiger partial charge is 0.223 e. The number of hydrogen-bond acceptors (Lipinski definition) is 3. The number of pyridine rings is 1. The van der Waals surface area contributed by atoms with Crippen LogP contribution in [0.2, 0.25) is 0 Å². The fourth-order valence-corrected chi connectivity index (χ4v) is 3.65. The molecule has 0 saturated heterocycles. The summed E-state index contributed by atoms with van der Waals surface area (Å²) < 4.78 is 2.09. The maximum atomic E-state index is 12.2. The highest BCUT2D eigenvalue weighted by molar-refractivity contribution is 5.78. The molecule has 0 atom stereocenters. The Labute approximate surface area is 149 Å². The van der Waals surface area contributed by atoms with Crippen LogP contribution in [-0.4, -0.2) is 27.2 Å². The third-order valence-corrected chi connectivity index (χ3v) is 5.14. The summed E-state index contributed by atoms with van der Waals surface area (Å²) in [6.07, 6.45) is 8.16. The van der Waals surface area contributed by atoms with Crippen molar-refractivity contribution in [1.29, 1.82) is 0 Å². The lowest BCUT2D eigenvalue weighted by molar-refractivity contribution is -0.125. The van der Waals surface area contributed by atoms with Crippen molar-refractivity contribution in [3.63, 3.8) is 0 Å². The van der Waals surface area contributed by atoms with E-state index in [1.54, 1.807) is 0 Å². The summed E-state index contributed by atoms with van der Waals surface area (Å²) >= 11 is 0. The molecule has 0 saturated carbocycles. The molecule has 5 nitrogen and oxygen atoms in total. The molecule has 25 heavy (non-hydrogen) atoms. The van der Waals surface area contributed by atoms with Crippen LogP contribution in [0.3, 0.4) is 0 Å². The van der Waals surface area contributed by atoms with Crippen molar-refractivity contribution in [3.05, 3.63) is 35.7 Å². The third-order valence-electron chi connectivity index (χ3n) is 5.14. The molecule has 5 heteroatoms. The second kappa shape index (κ2) is 8.28. The van der Waals surface area contributed by atoms with E-state index in [1.165, 1.54) is 24.1 Å². The molecule has 1 aliphatic rings. The van der Waals surface area contributed by atoms with Crippen LogP contribution in [-0.2, 0) is 24.2 Å². The van der Waals surface area contributed by atoms with E-state index >= 15 is 0 Å². The summed E-state index contributed by atoms with van der Waals surface area (Å²) in [5.41, 5.74) is 4.63. The minimum absolute atomic E-state index is 0.121. The number of amides is 1. The topological polar surface area (TPSA) is 59.8 Å². The molecule has 134 valence electrons. The van der Waals surface area contributed by atoms with Gasteiger partial charge >= 0.3 is 0 Å². The molecule has 0 aliphatic heterocycles. The van der Waals surface area contributed by atoms with Gasteiger partial charge in [-0.2, -0.15) is 5.10 Å². The molecule has 0 unspecified atom stereocenters. The van der Waals surface area contributed by atoms with E-state index in [2.05, 4.69) is 28.8 Å². The number of nitrogens with zero attached hydrogens (tertiary/aromatic N) is 3. The average Bonchev–Trinajstić information content (AvgIpc) is 3.02. The number of rotatable bonds is 7. The second-order valence-electron chi connectivity index (χ2n) is 6.72. The highest BCUT2D eigenvalue weighted by atomic mass is 16.1. The van der Waals surface area contributed by atoms with E-state index in [1.807, 2.05) is 24.4 Å². The van der Waals surface area contributed by atoms with E-state index in [0.717, 1.165) is 43.6 Å². The third kappa shape index (κ3) is 3.91. The van der Waals surface area contributed by atoms with Gasteiger partial charge in [0.25, 0.3) is 0 Å². The van der Waals surface area contributed by atoms with Gasteiger partial charge in [0.2, 0.25) is 5.91 Å². The fourth-order valence-electron chi connectivity index (χ4n) is 3.65. The van der Waals surface area contributed by atoms with Gasteiger partial charge in [-0.3, -0.25) is 14.5 Å². The number of carbonyl (C=O) groups is 1. The lowest BCUT2D eigenvalue weighted by atomic mass is 9.95. The lowest BCUT2D eigenvalue weighted by Crippen LogP contribution is -2.33. The molecule has 1 N–H and O–H groups in total. The molecule has 0 spiro atoms. The Morgan fingerprint density at radius 3 is 2.76 bits per heavy atom. The molecule has 3 rings (SSSR count). The number of carbonyl (C=O) groups excluding carboxylic acids is 1. The molecule has 0 radical (unpaired) electrons. The molecule has 2 aromatic rings. The van der Waals surface area contributed by atoms with Gasteiger partial charge < -0.3 is 5.32 Å². The van der Waals surface area contributed by atoms with Crippen LogP contribution < -0.4 is 5.32 Å². The monoisotopic (exact) mass is 340 g/mol. The molecular weight excluding hydrogens is 312 g/mol. The van der Waals surface area contributed by atoms with Crippen molar-refractivity contribution in [2.24, 2.45) is 5.92 Å². The predicted octanol–water partition coefficient (Wildman–Crippen LogP) is 3.38. The van der Waals surface area contributed by atoms with Crippen molar-refractivity contribution in [3.8, 4) is 11.4 Å². The Bertz CT molecular complexity index is 704. The predicted molar refractivity (Wildman–Crippen MR) is 99.2 cm³/mol. The standard InChI is InChI=1S/C20H28N4O/c1-3-15(4-2)20(25)22-13-14-24-18-11-6-5-9-16(18)19(23-24)17-10-7-8-12-21-17/h7-8,10,12,15H,3-6,9,11,13-14H2,1-2H3,(H,22,25). The van der Waals surface area contributed by atoms with Crippen LogP contribution in [0.15, 0.2) is 24.4 Å². The van der Waals surface area contributed by atoms with Gasteiger partial charge in [0.05, 0.1) is 12.2 Å². The molecular formula is C20H28N4O. The quantitative estimate of drug-likeness (QED) is 0.840. The zero-order valence-corrected chi connectivity index (χ0v) is 15.3. The van der Waals surface area contributed by atoms with Crippen molar-refractivity contribution in [1.82, 2.24) is 20.1 Å². The first-order valence-corrected chi connectivity index (χ1v) is 9.52. The summed E-state index contributed by atoms with van der Waals surface area (Å²) in [5, 5.41) is 7.92. The van der Waals surface area contributed by atoms with Gasteiger partial charge in [-0.05, 0) is 50.7 Å². The normalized spacial score (nSPS) is 13.7. The highest BCUT2D eigenvalue weighted by Gasteiger charge is 2.22. The molecule has 0 fully saturated rings. The molecule has 0 aromatic carbocycles. The Hall–Kier alpha value is -2.17. The maximum absolute atomic E-state index is 12.2. The fraction of sp³-hybridized carbons (Fsp3) is 0.550. The van der Waals surface area contributed by atoms with Crippen LogP contribution in [0.4, 0.5) is 0 Å². The Morgan fingerprint density at radius 2 is 2.04 bits per heavy atom. The molecule has 1 amide bonds. The molecule has 1 aliphatic carbocycles. The van der Waals surface area contributed by atoms with Crippen LogP contribution in [0.25, 0.3) is 11.4 Å². The molecule has 2 heterocycles. The first-order valence-electron chi connectivity index (χ1n) is 9.52. The van der Waals surface area contributed by atoms with Crippen LogP contribution >= 0.6 is 0 Å². The lowest BCUT2D eigenvalue weighted by Gasteiger charge is -2.15. The number of hydrogen-bond donors (Lipinski definition) is 1. The van der Waals surface area contributed by atoms with Crippen molar-refractivity contribution < 1.29 is 4.79 Å². The number of aromatic nitrogens is 3. The van der Waals surface area contributed by atoms with Gasteiger partial charge in [0, 0.05) is 29.9 Å². The summed E-state index contributed by atoms with van der Waals surface area (Å²) in [4.78, 5) is 16.6. The van der Waals surface area contributed by atoms with E-state index in [4.69, 9.17) is 5.10 Å². The van der Waals surface area contributed by atoms with Crippen molar-refractivity contribution in [2.75, 3.05) is 6.54 Å². The highest BCUT2D eigenvalue weighted by Crippen LogP contribution is 2.30. The molecule has 2 aromatic heterocycles. The van der Waals surface area contributed by atoms with E-state index in [-0.39, 0.29) is 11.8 Å². The summed E-state index contributed by atoms with van der Waals surface area (Å²) in [7, 11) is 0. The number of nitrogens with one attached hydrogen (secondary N) is 1. The van der Waals surface area contributed by atoms with Crippen LogP contribution in [0.5, 0.6) is 0 Å². The van der Waals surface area contributed by atoms with Gasteiger partial charge in [0.15, 0.2) is 0 Å². The Morgan fingerprint density at radius 1 is 1.24 bits per heavy atom. The van der Waals surface area contributed by atoms with Crippen molar-refractivity contribution >= 4 is 5.91 Å². The Balaban J connectivity index is 1.74. The molecule has 0 bridgehead atoms. The summed E-state index contributed by atoms with van der Waals surface area (Å²) in [6.45, 7) is 5.49. The summed E-state index contributed by atoms with van der Waals surface area (Å²) in [5.74, 6) is 0.284. The zero-order valence-electron chi connectivity index (χ0n) is 15.3. The summed E-state index contributed by atoms with van der Waals surface area (Å²) in [6, 6.07) is 5.96. The second-order valence-corrected chi connectivity index (χ2v) is 6.72. The van der Waals surface area contributed by atoms with Gasteiger partial charge in [-0.1, -0.05) is 19.9 Å². The zero-order chi connectivity index (χ0) is 17.6. The average molecular weight is 340 g/mol. The minimum Gasteiger partial charge on any atom is -0.354 e. The van der Waals surface area contributed by atoms with E-state index < -0.39 is 0 Å². The first-order chi connectivity index (χ1) is 12.2. The largest absolute Gasteiger partial charge is 0.354 e. The van der Waals surface area contributed by atoms with Gasteiger partial charge in [-0.25, -0.2) is 0 Å². The maximum Gasteiger partial charge on any atom is 0.223 e. The Kier molecular flexibility index (Phi) is 5.84. The SMILES string of the molecule is CCC(CC)C(=O)NCCn1nc(-c2ccccn2)c2c1CCCC2. The van der Waals surface area contributed by atoms with Gasteiger partial charge in [0.1, 0.15) is 5.69 Å². The first kappa shape index (κ1) is 17.6. The van der Waals surface area contributed by atoms with Crippen LogP contribution in [0, 0.1) is 5.92 Å². The number of fused-ring (bicyclic) bond motifs is 1. The van der Waals surface area contributed by atoms with Crippen LogP contribution in [0.1, 0.15) is 50.8 Å². The van der Waals surface area contributed by atoms with Gasteiger partial charge in [-0.15, -0.1) is 0 Å². The van der Waals surface area contributed by atoms with E-state index in [0.29, 0.717) is 6.54 Å².